The molecule has 0 aliphatic rings. The molecule has 0 fully saturated rings. The van der Waals surface area contributed by atoms with E-state index >= 15 is 0 Å². The third kappa shape index (κ3) is 4.40. The second-order valence-corrected chi connectivity index (χ2v) is 5.74. The van der Waals surface area contributed by atoms with Crippen LogP contribution in [-0.2, 0) is 4.79 Å². The lowest BCUT2D eigenvalue weighted by Gasteiger charge is -2.24. The van der Waals surface area contributed by atoms with Gasteiger partial charge in [0.05, 0.1) is 0 Å². The van der Waals surface area contributed by atoms with Crippen molar-refractivity contribution in [2.75, 3.05) is 17.6 Å². The highest BCUT2D eigenvalue weighted by Gasteiger charge is 2.26. The first-order valence-electron chi connectivity index (χ1n) is 5.86. The third-order valence-corrected chi connectivity index (χ3v) is 3.28. The number of primary amides is 1. The van der Waals surface area contributed by atoms with Crippen LogP contribution in [0.4, 0.5) is 10.9 Å². The number of thiazole rings is 1. The number of hydrogen-bond acceptors (Lipinski definition) is 6. The SMILES string of the molecule is CCNc1nc(N)c(C(=O)NC(C)(C)CC(N)=O)s1. The number of amides is 2. The molecule has 0 saturated carbocycles. The first-order chi connectivity index (χ1) is 8.75. The fourth-order valence-corrected chi connectivity index (χ4v) is 2.41. The minimum atomic E-state index is -0.725. The summed E-state index contributed by atoms with van der Waals surface area (Å²) in [7, 11) is 0. The molecule has 106 valence electrons. The van der Waals surface area contributed by atoms with Crippen LogP contribution in [0.25, 0.3) is 0 Å². The lowest BCUT2D eigenvalue weighted by Crippen LogP contribution is -2.45. The summed E-state index contributed by atoms with van der Waals surface area (Å²) in [6.45, 7) is 6.06. The Bertz CT molecular complexity index is 483. The molecule has 2 amide bonds. The number of rotatable bonds is 6. The van der Waals surface area contributed by atoms with Gasteiger partial charge in [0.2, 0.25) is 5.91 Å². The number of carbonyl (C=O) groups is 2. The monoisotopic (exact) mass is 285 g/mol. The molecule has 8 heteroatoms. The van der Waals surface area contributed by atoms with Crippen LogP contribution in [0.3, 0.4) is 0 Å². The summed E-state index contributed by atoms with van der Waals surface area (Å²) in [6.07, 6.45) is 0.0531. The van der Waals surface area contributed by atoms with E-state index in [4.69, 9.17) is 11.5 Å². The lowest BCUT2D eigenvalue weighted by molar-refractivity contribution is -0.119. The van der Waals surface area contributed by atoms with Crippen molar-refractivity contribution >= 4 is 34.1 Å². The van der Waals surface area contributed by atoms with E-state index in [0.29, 0.717) is 16.6 Å². The smallest absolute Gasteiger partial charge is 0.265 e. The standard InChI is InChI=1S/C11H19N5O2S/c1-4-14-10-15-8(13)7(19-10)9(18)16-11(2,3)5-6(12)17/h4-5,13H2,1-3H3,(H2,12,17)(H,14,15)(H,16,18). The summed E-state index contributed by atoms with van der Waals surface area (Å²) >= 11 is 1.18. The van der Waals surface area contributed by atoms with Crippen LogP contribution in [0.15, 0.2) is 0 Å². The Morgan fingerprint density at radius 1 is 1.42 bits per heavy atom. The van der Waals surface area contributed by atoms with E-state index in [1.165, 1.54) is 11.3 Å². The molecular weight excluding hydrogens is 266 g/mol. The number of hydrogen-bond donors (Lipinski definition) is 4. The Kier molecular flexibility index (Phi) is 4.71. The van der Waals surface area contributed by atoms with E-state index in [9.17, 15) is 9.59 Å². The van der Waals surface area contributed by atoms with E-state index in [1.54, 1.807) is 13.8 Å². The molecule has 0 aliphatic heterocycles. The molecular formula is C11H19N5O2S. The van der Waals surface area contributed by atoms with Gasteiger partial charge in [-0.25, -0.2) is 4.98 Å². The maximum absolute atomic E-state index is 12.1. The quantitative estimate of drug-likeness (QED) is 0.607. The molecule has 0 bridgehead atoms. The van der Waals surface area contributed by atoms with Gasteiger partial charge in [-0.2, -0.15) is 0 Å². The van der Waals surface area contributed by atoms with Crippen molar-refractivity contribution in [2.24, 2.45) is 5.73 Å². The van der Waals surface area contributed by atoms with Gasteiger partial charge in [0.1, 0.15) is 10.7 Å². The molecule has 0 radical (unpaired) electrons. The zero-order valence-electron chi connectivity index (χ0n) is 11.2. The first kappa shape index (κ1) is 15.2. The number of nitrogens with zero attached hydrogens (tertiary/aromatic N) is 1. The van der Waals surface area contributed by atoms with Gasteiger partial charge in [0, 0.05) is 18.5 Å². The van der Waals surface area contributed by atoms with Crippen LogP contribution in [0.5, 0.6) is 0 Å². The topological polar surface area (TPSA) is 123 Å². The zero-order chi connectivity index (χ0) is 14.6. The van der Waals surface area contributed by atoms with Crippen molar-refractivity contribution in [1.82, 2.24) is 10.3 Å². The molecule has 1 aromatic rings. The van der Waals surface area contributed by atoms with E-state index in [2.05, 4.69) is 15.6 Å². The van der Waals surface area contributed by atoms with Crippen molar-refractivity contribution < 1.29 is 9.59 Å². The zero-order valence-corrected chi connectivity index (χ0v) is 12.1. The van der Waals surface area contributed by atoms with Crippen LogP contribution < -0.4 is 22.1 Å². The Balaban J connectivity index is 2.80. The van der Waals surface area contributed by atoms with Crippen LogP contribution in [0.2, 0.25) is 0 Å². The Labute approximate surface area is 115 Å². The average Bonchev–Trinajstić information content (AvgIpc) is 2.57. The molecule has 19 heavy (non-hydrogen) atoms. The molecule has 0 spiro atoms. The maximum atomic E-state index is 12.1. The first-order valence-corrected chi connectivity index (χ1v) is 6.68. The number of nitrogen functional groups attached to an aromatic ring is 1. The number of nitrogens with one attached hydrogen (secondary N) is 2. The highest BCUT2D eigenvalue weighted by atomic mass is 32.1. The van der Waals surface area contributed by atoms with Crippen molar-refractivity contribution in [3.05, 3.63) is 4.88 Å². The number of carbonyl (C=O) groups excluding carboxylic acids is 2. The van der Waals surface area contributed by atoms with Gasteiger partial charge in [-0.3, -0.25) is 9.59 Å². The van der Waals surface area contributed by atoms with Gasteiger partial charge in [-0.15, -0.1) is 0 Å². The summed E-state index contributed by atoms with van der Waals surface area (Å²) in [5.41, 5.74) is 10.1. The Morgan fingerprint density at radius 2 is 2.05 bits per heavy atom. The van der Waals surface area contributed by atoms with E-state index in [-0.39, 0.29) is 18.1 Å². The van der Waals surface area contributed by atoms with Crippen molar-refractivity contribution in [3.8, 4) is 0 Å². The van der Waals surface area contributed by atoms with Crippen molar-refractivity contribution in [2.45, 2.75) is 32.7 Å². The fourth-order valence-electron chi connectivity index (χ4n) is 1.57. The van der Waals surface area contributed by atoms with Gasteiger partial charge in [-0.1, -0.05) is 11.3 Å². The largest absolute Gasteiger partial charge is 0.382 e. The molecule has 0 saturated heterocycles. The second-order valence-electron chi connectivity index (χ2n) is 4.74. The molecule has 7 nitrogen and oxygen atoms in total. The number of nitrogens with two attached hydrogens (primary N) is 2. The van der Waals surface area contributed by atoms with Gasteiger partial charge >= 0.3 is 0 Å². The normalized spacial score (nSPS) is 11.1. The van der Waals surface area contributed by atoms with Gasteiger partial charge in [0.15, 0.2) is 5.13 Å². The average molecular weight is 285 g/mol. The third-order valence-electron chi connectivity index (χ3n) is 2.26. The minimum Gasteiger partial charge on any atom is -0.382 e. The van der Waals surface area contributed by atoms with E-state index in [1.807, 2.05) is 6.92 Å². The number of anilines is 2. The Hall–Kier alpha value is -1.83. The predicted molar refractivity (Wildman–Crippen MR) is 76.0 cm³/mol. The molecule has 1 heterocycles. The molecule has 0 aromatic carbocycles. The highest BCUT2D eigenvalue weighted by Crippen LogP contribution is 2.25. The van der Waals surface area contributed by atoms with Gasteiger partial charge in [0.25, 0.3) is 5.91 Å². The summed E-state index contributed by atoms with van der Waals surface area (Å²) < 4.78 is 0. The highest BCUT2D eigenvalue weighted by molar-refractivity contribution is 7.18. The molecule has 6 N–H and O–H groups in total. The molecule has 0 unspecified atom stereocenters. The van der Waals surface area contributed by atoms with Crippen LogP contribution in [0, 0.1) is 0 Å². The molecule has 1 rings (SSSR count). The van der Waals surface area contributed by atoms with Crippen LogP contribution in [0.1, 0.15) is 36.9 Å². The summed E-state index contributed by atoms with van der Waals surface area (Å²) in [4.78, 5) is 27.4. The maximum Gasteiger partial charge on any atom is 0.265 e. The van der Waals surface area contributed by atoms with Crippen LogP contribution in [-0.4, -0.2) is 28.9 Å². The predicted octanol–water partition coefficient (Wildman–Crippen LogP) is 0.541. The van der Waals surface area contributed by atoms with Crippen LogP contribution >= 0.6 is 11.3 Å². The van der Waals surface area contributed by atoms with E-state index < -0.39 is 11.4 Å². The van der Waals surface area contributed by atoms with Crippen molar-refractivity contribution in [1.29, 1.82) is 0 Å². The minimum absolute atomic E-state index is 0.0531. The van der Waals surface area contributed by atoms with Gasteiger partial charge < -0.3 is 22.1 Å². The second kappa shape index (κ2) is 5.87. The Morgan fingerprint density at radius 3 is 2.58 bits per heavy atom. The fraction of sp³-hybridized carbons (Fsp3) is 0.545. The molecule has 0 aliphatic carbocycles. The molecule has 1 aromatic heterocycles. The van der Waals surface area contributed by atoms with Gasteiger partial charge in [-0.05, 0) is 20.8 Å². The van der Waals surface area contributed by atoms with Crippen molar-refractivity contribution in [3.63, 3.8) is 0 Å². The van der Waals surface area contributed by atoms with E-state index in [0.717, 1.165) is 0 Å². The summed E-state index contributed by atoms with van der Waals surface area (Å²) in [5.74, 6) is -0.658. The summed E-state index contributed by atoms with van der Waals surface area (Å²) in [5, 5.41) is 6.31. The lowest BCUT2D eigenvalue weighted by atomic mass is 10.0. The molecule has 0 atom stereocenters. The summed E-state index contributed by atoms with van der Waals surface area (Å²) in [6, 6.07) is 0. The number of aromatic nitrogens is 1.